The summed E-state index contributed by atoms with van der Waals surface area (Å²) in [6.07, 6.45) is 3.43. The second kappa shape index (κ2) is 5.56. The van der Waals surface area contributed by atoms with Crippen LogP contribution in [0.4, 0.5) is 0 Å². The second-order valence-corrected chi connectivity index (χ2v) is 4.49. The number of rotatable bonds is 4. The Morgan fingerprint density at radius 2 is 2.00 bits per heavy atom. The van der Waals surface area contributed by atoms with Gasteiger partial charge >= 0.3 is 5.97 Å². The summed E-state index contributed by atoms with van der Waals surface area (Å²) in [7, 11) is 0. The molecule has 2 rings (SSSR count). The van der Waals surface area contributed by atoms with E-state index < -0.39 is 5.97 Å². The van der Waals surface area contributed by atoms with Crippen LogP contribution >= 0.6 is 0 Å². The Morgan fingerprint density at radius 3 is 2.63 bits per heavy atom. The average Bonchev–Trinajstić information content (AvgIpc) is 2.38. The second-order valence-electron chi connectivity index (χ2n) is 4.49. The summed E-state index contributed by atoms with van der Waals surface area (Å²) in [5, 5.41) is 8.84. The number of carboxylic acids is 1. The van der Waals surface area contributed by atoms with Crippen molar-refractivity contribution >= 4 is 5.97 Å². The fraction of sp³-hybridized carbons (Fsp3) is 0.286. The van der Waals surface area contributed by atoms with E-state index in [1.807, 2.05) is 32.0 Å². The molecule has 0 saturated heterocycles. The maximum absolute atomic E-state index is 10.8. The molecule has 0 aromatic carbocycles. The van der Waals surface area contributed by atoms with Gasteiger partial charge in [0.2, 0.25) is 0 Å². The summed E-state index contributed by atoms with van der Waals surface area (Å²) in [6, 6.07) is 5.62. The van der Waals surface area contributed by atoms with Gasteiger partial charge in [0.15, 0.2) is 0 Å². The van der Waals surface area contributed by atoms with E-state index in [4.69, 9.17) is 5.11 Å². The van der Waals surface area contributed by atoms with Crippen LogP contribution in [0, 0.1) is 6.92 Å². The largest absolute Gasteiger partial charge is 0.481 e. The van der Waals surface area contributed by atoms with E-state index in [2.05, 4.69) is 15.0 Å². The molecule has 1 atom stereocenters. The highest BCUT2D eigenvalue weighted by Crippen LogP contribution is 2.21. The SMILES string of the molecule is Cc1cc(-c2ccncc2)nc(C(C)CC(=O)O)n1. The average molecular weight is 257 g/mol. The third-order valence-corrected chi connectivity index (χ3v) is 2.77. The fourth-order valence-electron chi connectivity index (χ4n) is 1.84. The van der Waals surface area contributed by atoms with Crippen LogP contribution in [0.1, 0.15) is 30.8 Å². The first-order valence-corrected chi connectivity index (χ1v) is 6.04. The van der Waals surface area contributed by atoms with Gasteiger partial charge < -0.3 is 5.11 Å². The van der Waals surface area contributed by atoms with Gasteiger partial charge in [0.05, 0.1) is 12.1 Å². The molecule has 1 N–H and O–H groups in total. The van der Waals surface area contributed by atoms with Gasteiger partial charge in [-0.15, -0.1) is 0 Å². The molecule has 0 saturated carbocycles. The van der Waals surface area contributed by atoms with Crippen LogP contribution < -0.4 is 0 Å². The molecule has 5 heteroatoms. The number of hydrogen-bond acceptors (Lipinski definition) is 4. The van der Waals surface area contributed by atoms with Crippen LogP contribution in [0.25, 0.3) is 11.3 Å². The zero-order valence-corrected chi connectivity index (χ0v) is 10.9. The summed E-state index contributed by atoms with van der Waals surface area (Å²) in [5.41, 5.74) is 2.57. The van der Waals surface area contributed by atoms with E-state index in [0.29, 0.717) is 5.82 Å². The topological polar surface area (TPSA) is 76.0 Å². The van der Waals surface area contributed by atoms with Crippen molar-refractivity contribution in [2.75, 3.05) is 0 Å². The number of nitrogens with zero attached hydrogens (tertiary/aromatic N) is 3. The van der Waals surface area contributed by atoms with E-state index in [9.17, 15) is 4.79 Å². The minimum Gasteiger partial charge on any atom is -0.481 e. The Balaban J connectivity index is 2.37. The molecule has 2 aromatic rings. The third kappa shape index (κ3) is 3.34. The molecular weight excluding hydrogens is 242 g/mol. The van der Waals surface area contributed by atoms with E-state index in [1.165, 1.54) is 0 Å². The van der Waals surface area contributed by atoms with Crippen LogP contribution in [0.5, 0.6) is 0 Å². The maximum atomic E-state index is 10.8. The number of aryl methyl sites for hydroxylation is 1. The summed E-state index contributed by atoms with van der Waals surface area (Å²) in [6.45, 7) is 3.70. The Labute approximate surface area is 111 Å². The van der Waals surface area contributed by atoms with Crippen LogP contribution in [-0.4, -0.2) is 26.0 Å². The molecule has 1 unspecified atom stereocenters. The highest BCUT2D eigenvalue weighted by Gasteiger charge is 2.14. The van der Waals surface area contributed by atoms with Gasteiger partial charge in [-0.3, -0.25) is 9.78 Å². The van der Waals surface area contributed by atoms with Gasteiger partial charge in [0.1, 0.15) is 5.82 Å². The number of hydrogen-bond donors (Lipinski definition) is 1. The third-order valence-electron chi connectivity index (χ3n) is 2.77. The van der Waals surface area contributed by atoms with Crippen LogP contribution in [0.3, 0.4) is 0 Å². The molecule has 5 nitrogen and oxygen atoms in total. The highest BCUT2D eigenvalue weighted by atomic mass is 16.4. The lowest BCUT2D eigenvalue weighted by Crippen LogP contribution is -2.08. The van der Waals surface area contributed by atoms with Crippen molar-refractivity contribution in [2.24, 2.45) is 0 Å². The number of carbonyl (C=O) groups is 1. The van der Waals surface area contributed by atoms with Gasteiger partial charge in [0, 0.05) is 29.6 Å². The number of aromatic nitrogens is 3. The smallest absolute Gasteiger partial charge is 0.304 e. The molecule has 98 valence electrons. The van der Waals surface area contributed by atoms with Crippen LogP contribution in [-0.2, 0) is 4.79 Å². The molecule has 0 amide bonds. The predicted octanol–water partition coefficient (Wildman–Crippen LogP) is 2.43. The lowest BCUT2D eigenvalue weighted by atomic mass is 10.1. The first kappa shape index (κ1) is 13.1. The minimum absolute atomic E-state index is 0.0270. The number of aliphatic carboxylic acids is 1. The summed E-state index contributed by atoms with van der Waals surface area (Å²) in [5.74, 6) is -0.490. The van der Waals surface area contributed by atoms with Crippen molar-refractivity contribution in [3.05, 3.63) is 42.1 Å². The van der Waals surface area contributed by atoms with Gasteiger partial charge in [-0.2, -0.15) is 0 Å². The summed E-state index contributed by atoms with van der Waals surface area (Å²) < 4.78 is 0. The zero-order valence-electron chi connectivity index (χ0n) is 10.9. The molecule has 0 aliphatic heterocycles. The summed E-state index contributed by atoms with van der Waals surface area (Å²) >= 11 is 0. The van der Waals surface area contributed by atoms with Crippen molar-refractivity contribution < 1.29 is 9.90 Å². The number of pyridine rings is 1. The van der Waals surface area contributed by atoms with Crippen LogP contribution in [0.2, 0.25) is 0 Å². The molecule has 0 spiro atoms. The van der Waals surface area contributed by atoms with Gasteiger partial charge in [-0.1, -0.05) is 6.92 Å². The molecule has 0 aliphatic rings. The van der Waals surface area contributed by atoms with Gasteiger partial charge in [0.25, 0.3) is 0 Å². The fourth-order valence-corrected chi connectivity index (χ4v) is 1.84. The lowest BCUT2D eigenvalue weighted by molar-refractivity contribution is -0.137. The van der Waals surface area contributed by atoms with E-state index in [-0.39, 0.29) is 12.3 Å². The Hall–Kier alpha value is -2.30. The Bertz CT molecular complexity index is 584. The molecule has 0 bridgehead atoms. The molecule has 2 heterocycles. The van der Waals surface area contributed by atoms with Crippen LogP contribution in [0.15, 0.2) is 30.6 Å². The molecule has 0 radical (unpaired) electrons. The van der Waals surface area contributed by atoms with E-state index >= 15 is 0 Å². The number of carboxylic acid groups (broad SMARTS) is 1. The normalized spacial score (nSPS) is 12.1. The van der Waals surface area contributed by atoms with Crippen molar-refractivity contribution in [2.45, 2.75) is 26.2 Å². The van der Waals surface area contributed by atoms with E-state index in [1.54, 1.807) is 12.4 Å². The van der Waals surface area contributed by atoms with Crippen molar-refractivity contribution in [3.8, 4) is 11.3 Å². The predicted molar refractivity (Wildman–Crippen MR) is 70.7 cm³/mol. The quantitative estimate of drug-likeness (QED) is 0.910. The maximum Gasteiger partial charge on any atom is 0.304 e. The lowest BCUT2D eigenvalue weighted by Gasteiger charge is -2.10. The Kier molecular flexibility index (Phi) is 3.85. The molecule has 19 heavy (non-hydrogen) atoms. The zero-order chi connectivity index (χ0) is 13.8. The van der Waals surface area contributed by atoms with Crippen molar-refractivity contribution in [3.63, 3.8) is 0 Å². The summed E-state index contributed by atoms with van der Waals surface area (Å²) in [4.78, 5) is 23.5. The highest BCUT2D eigenvalue weighted by molar-refractivity contribution is 5.67. The first-order valence-electron chi connectivity index (χ1n) is 6.04. The molecule has 0 aliphatic carbocycles. The Morgan fingerprint density at radius 1 is 1.32 bits per heavy atom. The minimum atomic E-state index is -0.844. The molecular formula is C14H15N3O2. The van der Waals surface area contributed by atoms with Gasteiger partial charge in [-0.05, 0) is 25.1 Å². The van der Waals surface area contributed by atoms with Gasteiger partial charge in [-0.25, -0.2) is 9.97 Å². The molecule has 0 fully saturated rings. The first-order chi connectivity index (χ1) is 9.06. The molecule has 2 aromatic heterocycles. The van der Waals surface area contributed by atoms with Crippen molar-refractivity contribution in [1.82, 2.24) is 15.0 Å². The van der Waals surface area contributed by atoms with E-state index in [0.717, 1.165) is 17.0 Å². The van der Waals surface area contributed by atoms with Crippen molar-refractivity contribution in [1.29, 1.82) is 0 Å². The monoisotopic (exact) mass is 257 g/mol. The standard InChI is InChI=1S/C14H15N3O2/c1-9(7-13(18)19)14-16-10(2)8-12(17-14)11-3-5-15-6-4-11/h3-6,8-9H,7H2,1-2H3,(H,18,19).